The van der Waals surface area contributed by atoms with Gasteiger partial charge >= 0.3 is 0 Å². The molecular formula is C20H38N4O2. The van der Waals surface area contributed by atoms with E-state index in [0.29, 0.717) is 18.0 Å². The van der Waals surface area contributed by atoms with Crippen LogP contribution in [0.4, 0.5) is 0 Å². The minimum absolute atomic E-state index is 0.461. The SMILES string of the molecule is CCNC(=NCC(C1CCOC1)N1CCOCC1)NC1CCC(C)CC1. The van der Waals surface area contributed by atoms with Gasteiger partial charge in [-0.05, 0) is 44.9 Å². The first-order chi connectivity index (χ1) is 12.8. The van der Waals surface area contributed by atoms with E-state index in [1.165, 1.54) is 25.7 Å². The maximum absolute atomic E-state index is 5.68. The minimum atomic E-state index is 0.461. The number of hydrogen-bond acceptors (Lipinski definition) is 4. The monoisotopic (exact) mass is 366 g/mol. The molecular weight excluding hydrogens is 328 g/mol. The molecule has 26 heavy (non-hydrogen) atoms. The van der Waals surface area contributed by atoms with Gasteiger partial charge < -0.3 is 20.1 Å². The predicted octanol–water partition coefficient (Wildman–Crippen LogP) is 1.86. The maximum atomic E-state index is 5.68. The smallest absolute Gasteiger partial charge is 0.191 e. The molecule has 150 valence electrons. The molecule has 6 heteroatoms. The molecule has 2 N–H and O–H groups in total. The third kappa shape index (κ3) is 5.83. The van der Waals surface area contributed by atoms with Gasteiger partial charge in [0.15, 0.2) is 5.96 Å². The molecule has 0 aromatic heterocycles. The summed E-state index contributed by atoms with van der Waals surface area (Å²) in [4.78, 5) is 7.57. The quantitative estimate of drug-likeness (QED) is 0.555. The molecule has 0 aromatic carbocycles. The topological polar surface area (TPSA) is 58.1 Å². The lowest BCUT2D eigenvalue weighted by Gasteiger charge is -2.36. The molecule has 2 aliphatic heterocycles. The van der Waals surface area contributed by atoms with Crippen molar-refractivity contribution in [2.45, 2.75) is 58.0 Å². The highest BCUT2D eigenvalue weighted by Crippen LogP contribution is 2.24. The summed E-state index contributed by atoms with van der Waals surface area (Å²) in [5.41, 5.74) is 0. The van der Waals surface area contributed by atoms with Crippen molar-refractivity contribution in [3.63, 3.8) is 0 Å². The van der Waals surface area contributed by atoms with Crippen LogP contribution in [0.3, 0.4) is 0 Å². The van der Waals surface area contributed by atoms with Crippen LogP contribution >= 0.6 is 0 Å². The van der Waals surface area contributed by atoms with E-state index in [9.17, 15) is 0 Å². The molecule has 3 fully saturated rings. The van der Waals surface area contributed by atoms with Crippen molar-refractivity contribution < 1.29 is 9.47 Å². The van der Waals surface area contributed by atoms with Crippen molar-refractivity contribution >= 4 is 5.96 Å². The van der Waals surface area contributed by atoms with E-state index in [1.807, 2.05) is 0 Å². The molecule has 1 saturated carbocycles. The van der Waals surface area contributed by atoms with Gasteiger partial charge in [0.05, 0.1) is 26.4 Å². The summed E-state index contributed by atoms with van der Waals surface area (Å²) in [5.74, 6) is 2.46. The van der Waals surface area contributed by atoms with Crippen LogP contribution in [0.25, 0.3) is 0 Å². The summed E-state index contributed by atoms with van der Waals surface area (Å²) < 4.78 is 11.2. The van der Waals surface area contributed by atoms with Crippen LogP contribution in [0.2, 0.25) is 0 Å². The van der Waals surface area contributed by atoms with Crippen LogP contribution in [0.5, 0.6) is 0 Å². The number of hydrogen-bond donors (Lipinski definition) is 2. The molecule has 0 aromatic rings. The summed E-state index contributed by atoms with van der Waals surface area (Å²) >= 11 is 0. The highest BCUT2D eigenvalue weighted by atomic mass is 16.5. The standard InChI is InChI=1S/C20H38N4O2/c1-3-21-20(23-18-6-4-16(2)5-7-18)22-14-19(17-8-11-26-15-17)24-9-12-25-13-10-24/h16-19H,3-15H2,1-2H3,(H2,21,22,23). The number of guanidine groups is 1. The van der Waals surface area contributed by atoms with Crippen LogP contribution in [-0.4, -0.2) is 75.5 Å². The van der Waals surface area contributed by atoms with Crippen molar-refractivity contribution in [1.82, 2.24) is 15.5 Å². The summed E-state index contributed by atoms with van der Waals surface area (Å²) in [6, 6.07) is 1.03. The van der Waals surface area contributed by atoms with Gasteiger partial charge in [-0.15, -0.1) is 0 Å². The number of rotatable bonds is 6. The Balaban J connectivity index is 1.60. The zero-order valence-corrected chi connectivity index (χ0v) is 16.7. The van der Waals surface area contributed by atoms with Crippen LogP contribution in [0.1, 0.15) is 46.0 Å². The molecule has 2 saturated heterocycles. The normalized spacial score (nSPS) is 32.4. The van der Waals surface area contributed by atoms with E-state index in [-0.39, 0.29) is 0 Å². The van der Waals surface area contributed by atoms with E-state index < -0.39 is 0 Å². The Morgan fingerprint density at radius 3 is 2.50 bits per heavy atom. The van der Waals surface area contributed by atoms with Gasteiger partial charge in [0.1, 0.15) is 0 Å². The Hall–Kier alpha value is -0.850. The Morgan fingerprint density at radius 1 is 1.08 bits per heavy atom. The summed E-state index contributed by atoms with van der Waals surface area (Å²) in [6.45, 7) is 11.7. The second kappa shape index (κ2) is 10.5. The average Bonchev–Trinajstić information content (AvgIpc) is 3.19. The van der Waals surface area contributed by atoms with Crippen molar-refractivity contribution in [3.05, 3.63) is 0 Å². The predicted molar refractivity (Wildman–Crippen MR) is 106 cm³/mol. The fourth-order valence-electron chi connectivity index (χ4n) is 4.43. The van der Waals surface area contributed by atoms with Crippen molar-refractivity contribution in [2.24, 2.45) is 16.8 Å². The number of morpholine rings is 1. The molecule has 2 unspecified atom stereocenters. The second-order valence-corrected chi connectivity index (χ2v) is 8.16. The molecule has 0 radical (unpaired) electrons. The van der Waals surface area contributed by atoms with Gasteiger partial charge in [-0.25, -0.2) is 0 Å². The number of nitrogens with zero attached hydrogens (tertiary/aromatic N) is 2. The first kappa shape index (κ1) is 19.9. The van der Waals surface area contributed by atoms with Gasteiger partial charge in [0.2, 0.25) is 0 Å². The van der Waals surface area contributed by atoms with Gasteiger partial charge in [0.25, 0.3) is 0 Å². The molecule has 3 rings (SSSR count). The lowest BCUT2D eigenvalue weighted by Crippen LogP contribution is -2.50. The summed E-state index contributed by atoms with van der Waals surface area (Å²) in [7, 11) is 0. The van der Waals surface area contributed by atoms with E-state index >= 15 is 0 Å². The average molecular weight is 367 g/mol. The largest absolute Gasteiger partial charge is 0.381 e. The highest BCUT2D eigenvalue weighted by Gasteiger charge is 2.31. The van der Waals surface area contributed by atoms with Gasteiger partial charge in [-0.1, -0.05) is 6.92 Å². The molecule has 6 nitrogen and oxygen atoms in total. The summed E-state index contributed by atoms with van der Waals surface area (Å²) in [5, 5.41) is 7.15. The van der Waals surface area contributed by atoms with Crippen LogP contribution in [0.15, 0.2) is 4.99 Å². The van der Waals surface area contributed by atoms with Gasteiger partial charge in [-0.2, -0.15) is 0 Å². The van der Waals surface area contributed by atoms with Crippen LogP contribution in [-0.2, 0) is 9.47 Å². The molecule has 3 aliphatic rings. The van der Waals surface area contributed by atoms with Gasteiger partial charge in [0, 0.05) is 44.2 Å². The summed E-state index contributed by atoms with van der Waals surface area (Å²) in [6.07, 6.45) is 6.33. The van der Waals surface area contributed by atoms with E-state index in [1.54, 1.807) is 0 Å². The lowest BCUT2D eigenvalue weighted by atomic mass is 9.87. The van der Waals surface area contributed by atoms with E-state index in [0.717, 1.165) is 70.9 Å². The van der Waals surface area contributed by atoms with Crippen molar-refractivity contribution in [3.8, 4) is 0 Å². The van der Waals surface area contributed by atoms with Crippen LogP contribution < -0.4 is 10.6 Å². The van der Waals surface area contributed by atoms with Crippen molar-refractivity contribution in [1.29, 1.82) is 0 Å². The molecule has 1 aliphatic carbocycles. The zero-order chi connectivity index (χ0) is 18.2. The van der Waals surface area contributed by atoms with Crippen LogP contribution in [0, 0.1) is 11.8 Å². The van der Waals surface area contributed by atoms with E-state index in [4.69, 9.17) is 14.5 Å². The lowest BCUT2D eigenvalue weighted by molar-refractivity contribution is 0.00368. The maximum Gasteiger partial charge on any atom is 0.191 e. The van der Waals surface area contributed by atoms with Gasteiger partial charge in [-0.3, -0.25) is 9.89 Å². The fourth-order valence-corrected chi connectivity index (χ4v) is 4.43. The minimum Gasteiger partial charge on any atom is -0.381 e. The Labute approximate surface area is 159 Å². The Bertz CT molecular complexity index is 426. The first-order valence-electron chi connectivity index (χ1n) is 10.7. The third-order valence-corrected chi connectivity index (χ3v) is 6.16. The molecule has 0 amide bonds. The third-order valence-electron chi connectivity index (χ3n) is 6.16. The number of aliphatic imine (C=N–C) groups is 1. The fraction of sp³-hybridized carbons (Fsp3) is 0.950. The number of nitrogens with one attached hydrogen (secondary N) is 2. The van der Waals surface area contributed by atoms with E-state index in [2.05, 4.69) is 29.4 Å². The Kier molecular flexibility index (Phi) is 8.02. The highest BCUT2D eigenvalue weighted by molar-refractivity contribution is 5.80. The zero-order valence-electron chi connectivity index (χ0n) is 16.7. The Morgan fingerprint density at radius 2 is 1.85 bits per heavy atom. The van der Waals surface area contributed by atoms with Crippen molar-refractivity contribution in [2.75, 3.05) is 52.6 Å². The molecule has 2 heterocycles. The number of ether oxygens (including phenoxy) is 2. The first-order valence-corrected chi connectivity index (χ1v) is 10.7. The molecule has 2 atom stereocenters. The molecule has 0 spiro atoms. The molecule has 0 bridgehead atoms. The second-order valence-electron chi connectivity index (χ2n) is 8.16.